The quantitative estimate of drug-likeness (QED) is 0.0101. The van der Waals surface area contributed by atoms with Crippen molar-refractivity contribution in [1.29, 1.82) is 0 Å². The molecule has 0 aromatic carbocycles. The van der Waals surface area contributed by atoms with Gasteiger partial charge in [0.05, 0.1) is 18.8 Å². The molecule has 8 N–H and O–H groups in total. The van der Waals surface area contributed by atoms with Crippen LogP contribution in [0.25, 0.3) is 0 Å². The van der Waals surface area contributed by atoms with Crippen LogP contribution in [0.5, 0.6) is 0 Å². The Morgan fingerprint density at radius 2 is 1.03 bits per heavy atom. The zero-order valence-electron chi connectivity index (χ0n) is 38.7. The summed E-state index contributed by atoms with van der Waals surface area (Å²) in [7, 11) is -5.19. The van der Waals surface area contributed by atoms with E-state index < -0.39 is 87.9 Å². The van der Waals surface area contributed by atoms with E-state index in [2.05, 4.69) is 50.3 Å². The lowest BCUT2D eigenvalue weighted by molar-refractivity contribution is -0.220. The standard InChI is InChI=1S/C49H81O15P/c1-3-5-7-8-9-10-11-12-13-14-15-16-17-18-22-25-29-35-43(53)63-41(38-62-65(59,60)64-49-47(57)45(55)44(54)46(56)48(49)58)37-61-42(52)36-30-34-40(51)33-28-24-21-19-20-23-27-32-39(50)31-26-6-4-2/h9-10,12-13,15-16,20-21,23-24,27-28,32-33,39-41,44-51,54-58H,3-8,11,14,17-19,22,25-26,29-31,34-38H2,1-2H3,(H,59,60)/b10-9-,13-12-,16-15-,23-20-,24-21-,32-27+,33-28+/t39-,40-,41+,44?,45-,46+,47+,48+,49?/m0/s1. The highest BCUT2D eigenvalue weighted by Crippen LogP contribution is 2.47. The van der Waals surface area contributed by atoms with Crippen LogP contribution in [0.4, 0.5) is 0 Å². The third-order valence-electron chi connectivity index (χ3n) is 10.4. The summed E-state index contributed by atoms with van der Waals surface area (Å²) in [6, 6.07) is 0. The van der Waals surface area contributed by atoms with Gasteiger partial charge < -0.3 is 50.1 Å². The summed E-state index contributed by atoms with van der Waals surface area (Å²) in [4.78, 5) is 35.7. The van der Waals surface area contributed by atoms with Crippen molar-refractivity contribution in [3.63, 3.8) is 0 Å². The second kappa shape index (κ2) is 38.0. The van der Waals surface area contributed by atoms with Gasteiger partial charge in [0.15, 0.2) is 6.10 Å². The van der Waals surface area contributed by atoms with Gasteiger partial charge in [-0.15, -0.1) is 0 Å². The number of hydrogen-bond donors (Lipinski definition) is 8. The van der Waals surface area contributed by atoms with Gasteiger partial charge in [0.25, 0.3) is 0 Å². The van der Waals surface area contributed by atoms with Crippen LogP contribution < -0.4 is 0 Å². The van der Waals surface area contributed by atoms with Crippen LogP contribution >= 0.6 is 7.82 Å². The average Bonchev–Trinajstić information content (AvgIpc) is 3.28. The van der Waals surface area contributed by atoms with E-state index >= 15 is 0 Å². The summed E-state index contributed by atoms with van der Waals surface area (Å²) in [6.45, 7) is 2.94. The molecule has 0 radical (unpaired) electrons. The van der Waals surface area contributed by atoms with E-state index in [1.165, 1.54) is 19.3 Å². The monoisotopic (exact) mass is 941 g/mol. The number of esters is 2. The molecule has 15 nitrogen and oxygen atoms in total. The zero-order chi connectivity index (χ0) is 48.1. The lowest BCUT2D eigenvalue weighted by Crippen LogP contribution is -2.64. The van der Waals surface area contributed by atoms with E-state index in [0.29, 0.717) is 12.8 Å². The molecule has 1 aliphatic carbocycles. The number of hydrogen-bond acceptors (Lipinski definition) is 14. The second-order valence-corrected chi connectivity index (χ2v) is 17.7. The number of ether oxygens (including phenoxy) is 2. The molecule has 16 heteroatoms. The molecular weight excluding hydrogens is 859 g/mol. The third-order valence-corrected chi connectivity index (χ3v) is 11.4. The second-order valence-electron chi connectivity index (χ2n) is 16.3. The minimum Gasteiger partial charge on any atom is -0.462 e. The zero-order valence-corrected chi connectivity index (χ0v) is 39.6. The largest absolute Gasteiger partial charge is 0.472 e. The summed E-state index contributed by atoms with van der Waals surface area (Å²) in [5.74, 6) is -1.36. The topological polar surface area (TPSA) is 250 Å². The molecule has 1 saturated carbocycles. The van der Waals surface area contributed by atoms with E-state index in [9.17, 15) is 54.8 Å². The van der Waals surface area contributed by atoms with Crippen LogP contribution in [0.1, 0.15) is 142 Å². The van der Waals surface area contributed by atoms with Crippen molar-refractivity contribution >= 4 is 19.8 Å². The van der Waals surface area contributed by atoms with Crippen LogP contribution in [0.3, 0.4) is 0 Å². The maximum absolute atomic E-state index is 12.8. The maximum atomic E-state index is 12.8. The number of aliphatic hydroxyl groups is 7. The number of phosphoric ester groups is 1. The molecule has 0 aliphatic heterocycles. The van der Waals surface area contributed by atoms with Gasteiger partial charge in [0.1, 0.15) is 43.2 Å². The lowest BCUT2D eigenvalue weighted by atomic mass is 9.85. The normalized spacial score (nSPS) is 23.2. The molecule has 372 valence electrons. The number of rotatable bonds is 37. The fourth-order valence-corrected chi connectivity index (χ4v) is 7.48. The fourth-order valence-electron chi connectivity index (χ4n) is 6.51. The summed E-state index contributed by atoms with van der Waals surface area (Å²) >= 11 is 0. The average molecular weight is 941 g/mol. The molecule has 0 heterocycles. The van der Waals surface area contributed by atoms with Crippen LogP contribution in [0.15, 0.2) is 85.1 Å². The summed E-state index contributed by atoms with van der Waals surface area (Å²) in [5, 5.41) is 70.4. The molecule has 0 spiro atoms. The van der Waals surface area contributed by atoms with E-state index in [4.69, 9.17) is 18.5 Å². The predicted octanol–water partition coefficient (Wildman–Crippen LogP) is 7.22. The highest BCUT2D eigenvalue weighted by atomic mass is 31.2. The minimum absolute atomic E-state index is 0.0167. The van der Waals surface area contributed by atoms with Crippen molar-refractivity contribution in [2.75, 3.05) is 13.2 Å². The van der Waals surface area contributed by atoms with Crippen molar-refractivity contribution < 1.29 is 73.3 Å². The van der Waals surface area contributed by atoms with Gasteiger partial charge in [-0.05, 0) is 70.6 Å². The van der Waals surface area contributed by atoms with Crippen molar-refractivity contribution in [2.45, 2.75) is 197 Å². The Kier molecular flexibility index (Phi) is 35.0. The Bertz CT molecular complexity index is 1490. The smallest absolute Gasteiger partial charge is 0.462 e. The first-order valence-corrected chi connectivity index (χ1v) is 25.1. The Morgan fingerprint density at radius 1 is 0.554 bits per heavy atom. The number of carbonyl (C=O) groups is 2. The number of unbranched alkanes of at least 4 members (excludes halogenated alkanes) is 9. The van der Waals surface area contributed by atoms with Crippen LogP contribution in [-0.2, 0) is 32.7 Å². The van der Waals surface area contributed by atoms with Crippen LogP contribution in [-0.4, -0.2) is 121 Å². The Balaban J connectivity index is 2.59. The molecule has 3 unspecified atom stereocenters. The predicted molar refractivity (Wildman–Crippen MR) is 251 cm³/mol. The first kappa shape index (κ1) is 60.0. The van der Waals surface area contributed by atoms with Gasteiger partial charge in [0, 0.05) is 12.8 Å². The Morgan fingerprint density at radius 3 is 1.62 bits per heavy atom. The lowest BCUT2D eigenvalue weighted by Gasteiger charge is -2.41. The number of phosphoric acid groups is 1. The van der Waals surface area contributed by atoms with Gasteiger partial charge in [-0.25, -0.2) is 4.57 Å². The fraction of sp³-hybridized carbons (Fsp3) is 0.673. The number of carbonyl (C=O) groups excluding carboxylic acids is 2. The summed E-state index contributed by atoms with van der Waals surface area (Å²) < 4.78 is 33.3. The van der Waals surface area contributed by atoms with Crippen LogP contribution in [0, 0.1) is 0 Å². The Hall–Kier alpha value is -3.05. The molecule has 0 amide bonds. The van der Waals surface area contributed by atoms with Gasteiger partial charge in [-0.2, -0.15) is 0 Å². The molecule has 10 atom stereocenters. The van der Waals surface area contributed by atoms with E-state index in [-0.39, 0.29) is 25.7 Å². The molecule has 1 aliphatic rings. The number of allylic oxidation sites excluding steroid dienone is 12. The summed E-state index contributed by atoms with van der Waals surface area (Å²) in [6.07, 6.45) is 28.3. The van der Waals surface area contributed by atoms with Crippen molar-refractivity contribution in [1.82, 2.24) is 0 Å². The summed E-state index contributed by atoms with van der Waals surface area (Å²) in [5.41, 5.74) is 0. The van der Waals surface area contributed by atoms with Gasteiger partial charge in [0.2, 0.25) is 0 Å². The van der Waals surface area contributed by atoms with E-state index in [1.54, 1.807) is 24.3 Å². The maximum Gasteiger partial charge on any atom is 0.472 e. The number of aliphatic hydroxyl groups excluding tert-OH is 7. The molecular formula is C49H81O15P. The van der Waals surface area contributed by atoms with E-state index in [1.807, 2.05) is 24.3 Å². The first-order valence-electron chi connectivity index (χ1n) is 23.6. The van der Waals surface area contributed by atoms with Gasteiger partial charge in [-0.1, -0.05) is 144 Å². The molecule has 0 saturated heterocycles. The highest BCUT2D eigenvalue weighted by molar-refractivity contribution is 7.47. The van der Waals surface area contributed by atoms with Crippen molar-refractivity contribution in [3.05, 3.63) is 85.1 Å². The van der Waals surface area contributed by atoms with Gasteiger partial charge >= 0.3 is 19.8 Å². The first-order chi connectivity index (χ1) is 31.2. The van der Waals surface area contributed by atoms with Gasteiger partial charge in [-0.3, -0.25) is 18.6 Å². The molecule has 65 heavy (non-hydrogen) atoms. The molecule has 0 aromatic heterocycles. The Labute approximate surface area is 387 Å². The van der Waals surface area contributed by atoms with E-state index in [0.717, 1.165) is 70.6 Å². The SMILES string of the molecule is CCCCC/C=C\C/C=C\C/C=C\CCCCCCC(=O)O[C@H](COC(=O)CCC[C@@H](O)/C=C/C=C\C/C=C\C=C\[C@@H](O)CCCCC)COP(=O)(O)OC1[C@H](O)[C@H](O)C(O)[C@H](O)[C@H]1O. The minimum atomic E-state index is -5.19. The van der Waals surface area contributed by atoms with Crippen molar-refractivity contribution in [3.8, 4) is 0 Å². The van der Waals surface area contributed by atoms with Crippen LogP contribution in [0.2, 0.25) is 0 Å². The van der Waals surface area contributed by atoms with Crippen molar-refractivity contribution in [2.24, 2.45) is 0 Å². The molecule has 0 bridgehead atoms. The molecule has 1 fully saturated rings. The third kappa shape index (κ3) is 30.8. The molecule has 0 aromatic rings. The molecule has 1 rings (SSSR count). The highest BCUT2D eigenvalue weighted by Gasteiger charge is 2.51.